The normalized spacial score (nSPS) is 10.6. The predicted molar refractivity (Wildman–Crippen MR) is 74.3 cm³/mol. The molecule has 0 radical (unpaired) electrons. The van der Waals surface area contributed by atoms with Crippen LogP contribution in [-0.4, -0.2) is 28.3 Å². The highest BCUT2D eigenvalue weighted by atomic mass is 32.2. The molecule has 0 bridgehead atoms. The summed E-state index contributed by atoms with van der Waals surface area (Å²) in [6, 6.07) is 7.09. The van der Waals surface area contributed by atoms with Crippen molar-refractivity contribution in [3.8, 4) is 0 Å². The van der Waals surface area contributed by atoms with Gasteiger partial charge in [0.1, 0.15) is 0 Å². The second-order valence-electron chi connectivity index (χ2n) is 3.90. The topological polar surface area (TPSA) is 72.0 Å². The van der Waals surface area contributed by atoms with Crippen molar-refractivity contribution in [3.63, 3.8) is 0 Å². The summed E-state index contributed by atoms with van der Waals surface area (Å²) in [5.74, 6) is -0.163. The van der Waals surface area contributed by atoms with Gasteiger partial charge in [-0.05, 0) is 18.6 Å². The highest BCUT2D eigenvalue weighted by Crippen LogP contribution is 2.14. The molecule has 6 heteroatoms. The summed E-state index contributed by atoms with van der Waals surface area (Å²) in [6.45, 7) is 2.35. The molecular weight excluding hydrogens is 264 g/mol. The van der Waals surface area contributed by atoms with E-state index in [1.165, 1.54) is 11.8 Å². The van der Waals surface area contributed by atoms with E-state index in [2.05, 4.69) is 9.97 Å². The van der Waals surface area contributed by atoms with Crippen LogP contribution in [0.5, 0.6) is 0 Å². The van der Waals surface area contributed by atoms with E-state index in [4.69, 9.17) is 4.74 Å². The molecule has 0 unspecified atom stereocenters. The molecule has 0 spiro atoms. The van der Waals surface area contributed by atoms with Gasteiger partial charge in [0, 0.05) is 0 Å². The number of H-pyrrole nitrogens is 1. The van der Waals surface area contributed by atoms with Crippen molar-refractivity contribution in [1.29, 1.82) is 0 Å². The van der Waals surface area contributed by atoms with Crippen molar-refractivity contribution < 1.29 is 9.53 Å². The molecule has 0 aliphatic heterocycles. The quantitative estimate of drug-likeness (QED) is 0.514. The lowest BCUT2D eigenvalue weighted by Gasteiger charge is -2.03. The maximum absolute atomic E-state index is 11.8. The zero-order valence-electron chi connectivity index (χ0n) is 10.5. The number of carbonyl (C=O) groups excluding carboxylic acids is 1. The fourth-order valence-corrected chi connectivity index (χ4v) is 2.18. The van der Waals surface area contributed by atoms with Crippen LogP contribution >= 0.6 is 11.8 Å². The van der Waals surface area contributed by atoms with Crippen molar-refractivity contribution in [3.05, 3.63) is 34.6 Å². The van der Waals surface area contributed by atoms with Gasteiger partial charge in [-0.3, -0.25) is 9.59 Å². The molecule has 5 nitrogen and oxygen atoms in total. The van der Waals surface area contributed by atoms with Crippen molar-refractivity contribution in [2.45, 2.75) is 18.5 Å². The number of para-hydroxylation sites is 1. The lowest BCUT2D eigenvalue weighted by Crippen LogP contribution is -2.11. The van der Waals surface area contributed by atoms with Crippen molar-refractivity contribution in [2.75, 3.05) is 12.4 Å². The zero-order valence-corrected chi connectivity index (χ0v) is 11.3. The molecule has 1 aromatic heterocycles. The number of ether oxygens (including phenoxy) is 1. The molecule has 0 aliphatic rings. The number of hydrogen-bond donors (Lipinski definition) is 1. The monoisotopic (exact) mass is 278 g/mol. The molecular formula is C13H14N2O3S. The number of carbonyl (C=O) groups is 1. The summed E-state index contributed by atoms with van der Waals surface area (Å²) in [6.07, 6.45) is 0.793. The van der Waals surface area contributed by atoms with E-state index < -0.39 is 0 Å². The lowest BCUT2D eigenvalue weighted by atomic mass is 10.2. The first kappa shape index (κ1) is 13.6. The number of hydrogen-bond acceptors (Lipinski definition) is 5. The smallest absolute Gasteiger partial charge is 0.316 e. The summed E-state index contributed by atoms with van der Waals surface area (Å²) in [4.78, 5) is 30.1. The van der Waals surface area contributed by atoms with Gasteiger partial charge in [0.25, 0.3) is 5.56 Å². The van der Waals surface area contributed by atoms with Gasteiger partial charge in [-0.1, -0.05) is 30.8 Å². The molecule has 0 atom stereocenters. The minimum absolute atomic E-state index is 0.140. The van der Waals surface area contributed by atoms with Gasteiger partial charge in [0.2, 0.25) is 0 Å². The first-order valence-electron chi connectivity index (χ1n) is 5.98. The molecule has 0 saturated carbocycles. The Morgan fingerprint density at radius 1 is 1.42 bits per heavy atom. The van der Waals surface area contributed by atoms with Crippen LogP contribution in [0, 0.1) is 0 Å². The number of thioether (sulfide) groups is 1. The Balaban J connectivity index is 2.09. The van der Waals surface area contributed by atoms with E-state index >= 15 is 0 Å². The fourth-order valence-electron chi connectivity index (χ4n) is 1.52. The van der Waals surface area contributed by atoms with Gasteiger partial charge >= 0.3 is 5.97 Å². The Kier molecular flexibility index (Phi) is 4.57. The minimum Gasteiger partial charge on any atom is -0.465 e. The lowest BCUT2D eigenvalue weighted by molar-refractivity contribution is -0.140. The number of aromatic amines is 1. The average molecular weight is 278 g/mol. The summed E-state index contributed by atoms with van der Waals surface area (Å²) >= 11 is 1.17. The predicted octanol–water partition coefficient (Wildman–Crippen LogP) is 1.97. The molecule has 1 heterocycles. The number of nitrogens with one attached hydrogen (secondary N) is 1. The summed E-state index contributed by atoms with van der Waals surface area (Å²) in [5.41, 5.74) is 0.422. The van der Waals surface area contributed by atoms with Crippen LogP contribution in [0.2, 0.25) is 0 Å². The second kappa shape index (κ2) is 6.38. The van der Waals surface area contributed by atoms with E-state index in [1.807, 2.05) is 13.0 Å². The van der Waals surface area contributed by atoms with Crippen LogP contribution in [0.15, 0.2) is 34.2 Å². The first-order valence-corrected chi connectivity index (χ1v) is 6.96. The molecule has 19 heavy (non-hydrogen) atoms. The Morgan fingerprint density at radius 2 is 2.21 bits per heavy atom. The van der Waals surface area contributed by atoms with Crippen LogP contribution in [0.4, 0.5) is 0 Å². The number of nitrogens with zero attached hydrogens (tertiary/aromatic N) is 1. The first-order chi connectivity index (χ1) is 9.20. The maximum Gasteiger partial charge on any atom is 0.316 e. The van der Waals surface area contributed by atoms with Gasteiger partial charge in [-0.25, -0.2) is 4.98 Å². The van der Waals surface area contributed by atoms with Crippen LogP contribution in [0.25, 0.3) is 10.9 Å². The number of benzene rings is 1. The van der Waals surface area contributed by atoms with Crippen LogP contribution < -0.4 is 5.56 Å². The molecule has 2 aromatic rings. The maximum atomic E-state index is 11.8. The highest BCUT2D eigenvalue weighted by molar-refractivity contribution is 7.99. The average Bonchev–Trinajstić information content (AvgIpc) is 2.43. The van der Waals surface area contributed by atoms with E-state index in [0.717, 1.165) is 6.42 Å². The minimum atomic E-state index is -0.303. The van der Waals surface area contributed by atoms with Gasteiger partial charge in [-0.15, -0.1) is 0 Å². The molecule has 0 saturated heterocycles. The van der Waals surface area contributed by atoms with Crippen LogP contribution in [0.3, 0.4) is 0 Å². The largest absolute Gasteiger partial charge is 0.465 e. The number of esters is 1. The fraction of sp³-hybridized carbons (Fsp3) is 0.308. The number of fused-ring (bicyclic) bond motifs is 1. The molecule has 1 aromatic carbocycles. The Labute approximate surface area is 114 Å². The van der Waals surface area contributed by atoms with Crippen molar-refractivity contribution in [2.24, 2.45) is 0 Å². The Hall–Kier alpha value is -1.82. The third-order valence-corrected chi connectivity index (χ3v) is 3.23. The van der Waals surface area contributed by atoms with Gasteiger partial charge < -0.3 is 9.72 Å². The van der Waals surface area contributed by atoms with Gasteiger partial charge in [-0.2, -0.15) is 0 Å². The molecule has 0 aliphatic carbocycles. The van der Waals surface area contributed by atoms with E-state index in [9.17, 15) is 9.59 Å². The third-order valence-electron chi connectivity index (χ3n) is 2.39. The van der Waals surface area contributed by atoms with E-state index in [1.54, 1.807) is 18.2 Å². The summed E-state index contributed by atoms with van der Waals surface area (Å²) in [7, 11) is 0. The highest BCUT2D eigenvalue weighted by Gasteiger charge is 2.07. The Morgan fingerprint density at radius 3 is 3.00 bits per heavy atom. The molecule has 100 valence electrons. The van der Waals surface area contributed by atoms with E-state index in [0.29, 0.717) is 22.7 Å². The number of aromatic nitrogens is 2. The standard InChI is InChI=1S/C13H14N2O3S/c1-2-7-18-11(16)8-19-13-14-10-6-4-3-5-9(10)12(17)15-13/h3-6H,2,7-8H2,1H3,(H,14,15,17). The Bertz CT molecular complexity index is 639. The molecule has 0 amide bonds. The second-order valence-corrected chi connectivity index (χ2v) is 4.86. The molecule has 2 rings (SSSR count). The zero-order chi connectivity index (χ0) is 13.7. The van der Waals surface area contributed by atoms with Crippen molar-refractivity contribution >= 4 is 28.6 Å². The molecule has 1 N–H and O–H groups in total. The number of rotatable bonds is 5. The van der Waals surface area contributed by atoms with Crippen LogP contribution in [0.1, 0.15) is 13.3 Å². The van der Waals surface area contributed by atoms with Crippen molar-refractivity contribution in [1.82, 2.24) is 9.97 Å². The van der Waals surface area contributed by atoms with E-state index in [-0.39, 0.29) is 17.3 Å². The molecule has 0 fully saturated rings. The SMILES string of the molecule is CCCOC(=O)CSc1nc2ccccc2c(=O)[nH]1. The van der Waals surface area contributed by atoms with Crippen LogP contribution in [-0.2, 0) is 9.53 Å². The summed E-state index contributed by atoms with van der Waals surface area (Å²) < 4.78 is 4.95. The van der Waals surface area contributed by atoms with Gasteiger partial charge in [0.05, 0.1) is 23.3 Å². The third kappa shape index (κ3) is 3.57. The van der Waals surface area contributed by atoms with Gasteiger partial charge in [0.15, 0.2) is 5.16 Å². The summed E-state index contributed by atoms with van der Waals surface area (Å²) in [5, 5.41) is 0.970.